The summed E-state index contributed by atoms with van der Waals surface area (Å²) in [5, 5.41) is 1.01. The summed E-state index contributed by atoms with van der Waals surface area (Å²) in [5.41, 5.74) is 2.33. The van der Waals surface area contributed by atoms with Gasteiger partial charge in [0.1, 0.15) is 13.2 Å². The van der Waals surface area contributed by atoms with Crippen LogP contribution in [0.25, 0.3) is 6.08 Å². The molecular weight excluding hydrogens is 382 g/mol. The number of carbonyl (C=O) groups excluding carboxylic acids is 1. The molecule has 2 aromatic rings. The highest BCUT2D eigenvalue weighted by Crippen LogP contribution is 2.30. The van der Waals surface area contributed by atoms with Crippen LogP contribution in [0.15, 0.2) is 47.9 Å². The Morgan fingerprint density at radius 3 is 2.36 bits per heavy atom. The number of methoxy groups -OCH3 is 2. The van der Waals surface area contributed by atoms with E-state index in [9.17, 15) is 13.2 Å². The van der Waals surface area contributed by atoms with Crippen LogP contribution in [0.1, 0.15) is 16.7 Å². The minimum Gasteiger partial charge on any atom is -0.493 e. The van der Waals surface area contributed by atoms with Gasteiger partial charge in [-0.1, -0.05) is 30.3 Å². The van der Waals surface area contributed by atoms with E-state index in [1.54, 1.807) is 36.4 Å². The zero-order valence-electron chi connectivity index (χ0n) is 16.0. The molecule has 0 heterocycles. The SMILES string of the molecule is COc1cc(C)c(COC(=O)CNS(=O)(=O)/C=C/c2ccccc2)cc1OC. The topological polar surface area (TPSA) is 90.9 Å². The lowest BCUT2D eigenvalue weighted by molar-refractivity contribution is -0.143. The average Bonchev–Trinajstić information content (AvgIpc) is 2.70. The number of ether oxygens (including phenoxy) is 3. The summed E-state index contributed by atoms with van der Waals surface area (Å²) < 4.78 is 41.7. The summed E-state index contributed by atoms with van der Waals surface area (Å²) in [6.07, 6.45) is 1.45. The van der Waals surface area contributed by atoms with Gasteiger partial charge in [-0.2, -0.15) is 0 Å². The molecule has 0 fully saturated rings. The molecule has 150 valence electrons. The van der Waals surface area contributed by atoms with Gasteiger partial charge in [-0.25, -0.2) is 13.1 Å². The number of sulfonamides is 1. The molecular formula is C20H23NO6S. The fourth-order valence-corrected chi connectivity index (χ4v) is 3.08. The molecule has 8 heteroatoms. The highest BCUT2D eigenvalue weighted by Gasteiger charge is 2.13. The molecule has 0 atom stereocenters. The molecule has 0 aromatic heterocycles. The van der Waals surface area contributed by atoms with Crippen molar-refractivity contribution in [1.82, 2.24) is 4.72 Å². The van der Waals surface area contributed by atoms with E-state index in [1.807, 2.05) is 13.0 Å². The summed E-state index contributed by atoms with van der Waals surface area (Å²) in [5.74, 6) is 0.407. The predicted molar refractivity (Wildman–Crippen MR) is 106 cm³/mol. The second kappa shape index (κ2) is 9.91. The molecule has 0 saturated carbocycles. The summed E-state index contributed by atoms with van der Waals surface area (Å²) in [6, 6.07) is 12.5. The van der Waals surface area contributed by atoms with Crippen molar-refractivity contribution in [3.8, 4) is 11.5 Å². The maximum Gasteiger partial charge on any atom is 0.321 e. The molecule has 2 rings (SSSR count). The van der Waals surface area contributed by atoms with Crippen LogP contribution >= 0.6 is 0 Å². The zero-order chi connectivity index (χ0) is 20.6. The van der Waals surface area contributed by atoms with E-state index in [4.69, 9.17) is 14.2 Å². The van der Waals surface area contributed by atoms with E-state index in [0.717, 1.165) is 22.1 Å². The third-order valence-electron chi connectivity index (χ3n) is 3.89. The zero-order valence-corrected chi connectivity index (χ0v) is 16.8. The van der Waals surface area contributed by atoms with Crippen LogP contribution in [0.2, 0.25) is 0 Å². The van der Waals surface area contributed by atoms with E-state index in [2.05, 4.69) is 4.72 Å². The van der Waals surface area contributed by atoms with Crippen molar-refractivity contribution in [2.24, 2.45) is 0 Å². The lowest BCUT2D eigenvalue weighted by Crippen LogP contribution is -2.29. The Hall–Kier alpha value is -2.84. The van der Waals surface area contributed by atoms with Crippen LogP contribution in [0, 0.1) is 6.92 Å². The van der Waals surface area contributed by atoms with Gasteiger partial charge < -0.3 is 14.2 Å². The van der Waals surface area contributed by atoms with Gasteiger partial charge in [-0.15, -0.1) is 0 Å². The first-order valence-corrected chi connectivity index (χ1v) is 9.99. The molecule has 2 aromatic carbocycles. The minimum absolute atomic E-state index is 0.00734. The van der Waals surface area contributed by atoms with E-state index in [1.165, 1.54) is 20.3 Å². The van der Waals surface area contributed by atoms with Crippen molar-refractivity contribution in [1.29, 1.82) is 0 Å². The average molecular weight is 405 g/mol. The number of rotatable bonds is 9. The van der Waals surface area contributed by atoms with Crippen LogP contribution in [-0.4, -0.2) is 35.2 Å². The summed E-state index contributed by atoms with van der Waals surface area (Å²) in [4.78, 5) is 11.9. The minimum atomic E-state index is -3.75. The van der Waals surface area contributed by atoms with Gasteiger partial charge >= 0.3 is 5.97 Å². The Balaban J connectivity index is 1.90. The van der Waals surface area contributed by atoms with E-state index in [0.29, 0.717) is 11.5 Å². The van der Waals surface area contributed by atoms with Crippen molar-refractivity contribution in [3.63, 3.8) is 0 Å². The largest absolute Gasteiger partial charge is 0.493 e. The fraction of sp³-hybridized carbons (Fsp3) is 0.250. The van der Waals surface area contributed by atoms with E-state index < -0.39 is 22.5 Å². The highest BCUT2D eigenvalue weighted by molar-refractivity contribution is 7.92. The van der Waals surface area contributed by atoms with Gasteiger partial charge in [0, 0.05) is 5.41 Å². The summed E-state index contributed by atoms with van der Waals surface area (Å²) in [7, 11) is -0.702. The first-order valence-electron chi connectivity index (χ1n) is 8.44. The third-order valence-corrected chi connectivity index (χ3v) is 4.93. The van der Waals surface area contributed by atoms with Crippen molar-refractivity contribution in [2.45, 2.75) is 13.5 Å². The van der Waals surface area contributed by atoms with Crippen LogP contribution in [-0.2, 0) is 26.2 Å². The van der Waals surface area contributed by atoms with Gasteiger partial charge in [0.25, 0.3) is 0 Å². The molecule has 0 amide bonds. The Kier molecular flexibility index (Phi) is 7.60. The molecule has 0 unspecified atom stereocenters. The summed E-state index contributed by atoms with van der Waals surface area (Å²) >= 11 is 0. The molecule has 0 spiro atoms. The van der Waals surface area contributed by atoms with Crippen molar-refractivity contribution < 1.29 is 27.4 Å². The smallest absolute Gasteiger partial charge is 0.321 e. The van der Waals surface area contributed by atoms with Crippen LogP contribution in [0.3, 0.4) is 0 Å². The first-order chi connectivity index (χ1) is 13.3. The number of hydrogen-bond acceptors (Lipinski definition) is 6. The normalized spacial score (nSPS) is 11.4. The number of carbonyl (C=O) groups is 1. The van der Waals surface area contributed by atoms with Gasteiger partial charge in [0.15, 0.2) is 11.5 Å². The fourth-order valence-electron chi connectivity index (χ4n) is 2.33. The molecule has 0 saturated heterocycles. The van der Waals surface area contributed by atoms with Crippen molar-refractivity contribution >= 4 is 22.1 Å². The van der Waals surface area contributed by atoms with Gasteiger partial charge in [0.2, 0.25) is 10.0 Å². The van der Waals surface area contributed by atoms with Crippen LogP contribution in [0.4, 0.5) is 0 Å². The third kappa shape index (κ3) is 6.40. The molecule has 0 aliphatic rings. The monoisotopic (exact) mass is 405 g/mol. The number of hydrogen-bond donors (Lipinski definition) is 1. The maximum absolute atomic E-state index is 12.0. The van der Waals surface area contributed by atoms with E-state index >= 15 is 0 Å². The quantitative estimate of drug-likeness (QED) is 0.645. The van der Waals surface area contributed by atoms with Gasteiger partial charge in [-0.3, -0.25) is 4.79 Å². The van der Waals surface area contributed by atoms with Gasteiger partial charge in [0.05, 0.1) is 14.2 Å². The van der Waals surface area contributed by atoms with Gasteiger partial charge in [-0.05, 0) is 41.8 Å². The second-order valence-corrected chi connectivity index (χ2v) is 7.52. The second-order valence-electron chi connectivity index (χ2n) is 5.87. The molecule has 0 bridgehead atoms. The van der Waals surface area contributed by atoms with Crippen LogP contribution < -0.4 is 14.2 Å². The van der Waals surface area contributed by atoms with Crippen molar-refractivity contribution in [2.75, 3.05) is 20.8 Å². The number of nitrogens with one attached hydrogen (secondary N) is 1. The number of aryl methyl sites for hydroxylation is 1. The molecule has 1 N–H and O–H groups in total. The molecule has 0 radical (unpaired) electrons. The Morgan fingerprint density at radius 1 is 1.07 bits per heavy atom. The number of esters is 1. The number of benzene rings is 2. The lowest BCUT2D eigenvalue weighted by atomic mass is 10.1. The highest BCUT2D eigenvalue weighted by atomic mass is 32.2. The molecule has 0 aliphatic carbocycles. The molecule has 0 aliphatic heterocycles. The van der Waals surface area contributed by atoms with Crippen LogP contribution in [0.5, 0.6) is 11.5 Å². The Bertz CT molecular complexity index is 939. The van der Waals surface area contributed by atoms with E-state index in [-0.39, 0.29) is 6.61 Å². The Labute approximate surface area is 165 Å². The standard InChI is InChI=1S/C20H23NO6S/c1-15-11-18(25-2)19(26-3)12-17(15)14-27-20(22)13-21-28(23,24)10-9-16-7-5-4-6-8-16/h4-12,21H,13-14H2,1-3H3/b10-9+. The maximum atomic E-state index is 12.0. The predicted octanol–water partition coefficient (Wildman–Crippen LogP) is 2.65. The first kappa shape index (κ1) is 21.5. The summed E-state index contributed by atoms with van der Waals surface area (Å²) in [6.45, 7) is 1.38. The lowest BCUT2D eigenvalue weighted by Gasteiger charge is -2.13. The Morgan fingerprint density at radius 2 is 1.71 bits per heavy atom. The van der Waals surface area contributed by atoms with Crippen molar-refractivity contribution in [3.05, 3.63) is 64.6 Å². The molecule has 7 nitrogen and oxygen atoms in total. The molecule has 28 heavy (non-hydrogen) atoms.